The number of anilines is 1. The molecule has 2 amide bonds. The van der Waals surface area contributed by atoms with Gasteiger partial charge in [0.1, 0.15) is 12.6 Å². The maximum absolute atomic E-state index is 13.5. The molecule has 1 atom stereocenters. The van der Waals surface area contributed by atoms with E-state index in [4.69, 9.17) is 16.3 Å². The van der Waals surface area contributed by atoms with Gasteiger partial charge in [-0.15, -0.1) is 0 Å². The summed E-state index contributed by atoms with van der Waals surface area (Å²) in [4.78, 5) is 36.6. The third-order valence-corrected chi connectivity index (χ3v) is 6.10. The molecule has 0 radical (unpaired) electrons. The number of rotatable bonds is 8. The van der Waals surface area contributed by atoms with E-state index in [2.05, 4.69) is 15.3 Å². The lowest BCUT2D eigenvalue weighted by molar-refractivity contribution is -0.127. The number of carbonyl (C=O) groups excluding carboxylic acids is 2. The van der Waals surface area contributed by atoms with E-state index < -0.39 is 6.04 Å². The maximum atomic E-state index is 13.5. The molecule has 4 aromatic rings. The SMILES string of the molecule is COc1ccc(N(C)C(=O)[C@H](Cc2ccccc2)NC(=O)Cn2cnc3c(C)ccc(Cl)c32)cn1. The average Bonchev–Trinajstić information content (AvgIpc) is 3.30. The number of carbonyl (C=O) groups is 2. The van der Waals surface area contributed by atoms with Crippen molar-refractivity contribution in [3.63, 3.8) is 0 Å². The van der Waals surface area contributed by atoms with E-state index in [9.17, 15) is 9.59 Å². The monoisotopic (exact) mass is 491 g/mol. The molecular weight excluding hydrogens is 466 g/mol. The van der Waals surface area contributed by atoms with Crippen LogP contribution in [0.25, 0.3) is 11.0 Å². The highest BCUT2D eigenvalue weighted by molar-refractivity contribution is 6.35. The molecule has 2 aromatic carbocycles. The lowest BCUT2D eigenvalue weighted by atomic mass is 10.0. The number of nitrogens with one attached hydrogen (secondary N) is 1. The Kier molecular flexibility index (Phi) is 7.31. The molecule has 0 saturated heterocycles. The summed E-state index contributed by atoms with van der Waals surface area (Å²) in [6, 6.07) is 15.9. The molecule has 0 fully saturated rings. The van der Waals surface area contributed by atoms with E-state index in [1.807, 2.05) is 43.3 Å². The molecule has 0 unspecified atom stereocenters. The van der Waals surface area contributed by atoms with Gasteiger partial charge >= 0.3 is 0 Å². The van der Waals surface area contributed by atoms with Crippen molar-refractivity contribution in [3.05, 3.63) is 83.3 Å². The standard InChI is InChI=1S/C26H26ClN5O3/c1-17-9-11-20(27)25-24(17)29-16-32(25)15-22(33)30-21(13-18-7-5-4-6-8-18)26(34)31(2)19-10-12-23(35-3)28-14-19/h4-12,14,16,21H,13,15H2,1-3H3,(H,30,33)/t21-/m0/s1. The molecule has 0 spiro atoms. The molecule has 0 aliphatic heterocycles. The molecule has 180 valence electrons. The van der Waals surface area contributed by atoms with Gasteiger partial charge in [0, 0.05) is 19.5 Å². The zero-order chi connectivity index (χ0) is 24.9. The molecule has 0 aliphatic rings. The van der Waals surface area contributed by atoms with Crippen LogP contribution in [0.2, 0.25) is 5.02 Å². The summed E-state index contributed by atoms with van der Waals surface area (Å²) in [5, 5.41) is 3.42. The molecule has 35 heavy (non-hydrogen) atoms. The number of nitrogens with zero attached hydrogens (tertiary/aromatic N) is 4. The number of amides is 2. The molecule has 2 aromatic heterocycles. The first-order chi connectivity index (χ1) is 16.9. The zero-order valence-corrected chi connectivity index (χ0v) is 20.5. The summed E-state index contributed by atoms with van der Waals surface area (Å²) in [6.07, 6.45) is 3.48. The minimum atomic E-state index is -0.788. The number of likely N-dealkylation sites (N-methyl/N-ethyl adjacent to an activating group) is 1. The summed E-state index contributed by atoms with van der Waals surface area (Å²) < 4.78 is 6.79. The van der Waals surface area contributed by atoms with Crippen molar-refractivity contribution < 1.29 is 14.3 Å². The second-order valence-electron chi connectivity index (χ2n) is 8.20. The van der Waals surface area contributed by atoms with Gasteiger partial charge in [0.25, 0.3) is 0 Å². The van der Waals surface area contributed by atoms with Crippen LogP contribution in [0.15, 0.2) is 67.1 Å². The highest BCUT2D eigenvalue weighted by Crippen LogP contribution is 2.25. The van der Waals surface area contributed by atoms with Gasteiger partial charge in [-0.3, -0.25) is 9.59 Å². The van der Waals surface area contributed by atoms with E-state index in [0.717, 1.165) is 16.6 Å². The highest BCUT2D eigenvalue weighted by Gasteiger charge is 2.26. The number of hydrogen-bond acceptors (Lipinski definition) is 5. The van der Waals surface area contributed by atoms with E-state index in [0.29, 0.717) is 28.5 Å². The van der Waals surface area contributed by atoms with Crippen LogP contribution in [-0.2, 0) is 22.6 Å². The normalized spacial score (nSPS) is 11.8. The number of ether oxygens (including phenoxy) is 1. The molecule has 2 heterocycles. The van der Waals surface area contributed by atoms with Gasteiger partial charge in [-0.05, 0) is 30.2 Å². The zero-order valence-electron chi connectivity index (χ0n) is 19.7. The van der Waals surface area contributed by atoms with Gasteiger partial charge in [0.2, 0.25) is 17.7 Å². The second kappa shape index (κ2) is 10.6. The molecule has 0 saturated carbocycles. The molecular formula is C26H26ClN5O3. The van der Waals surface area contributed by atoms with E-state index in [1.54, 1.807) is 42.3 Å². The number of hydrogen-bond donors (Lipinski definition) is 1. The molecule has 8 nitrogen and oxygen atoms in total. The minimum Gasteiger partial charge on any atom is -0.481 e. The minimum absolute atomic E-state index is 0.0218. The number of fused-ring (bicyclic) bond motifs is 1. The number of pyridine rings is 1. The van der Waals surface area contributed by atoms with Crippen molar-refractivity contribution in [1.82, 2.24) is 19.9 Å². The first-order valence-electron chi connectivity index (χ1n) is 11.1. The molecule has 0 bridgehead atoms. The topological polar surface area (TPSA) is 89.4 Å². The predicted octanol–water partition coefficient (Wildman–Crippen LogP) is 3.79. The fourth-order valence-electron chi connectivity index (χ4n) is 3.89. The number of halogens is 1. The Morgan fingerprint density at radius 3 is 2.57 bits per heavy atom. The fourth-order valence-corrected chi connectivity index (χ4v) is 4.16. The van der Waals surface area contributed by atoms with E-state index in [-0.39, 0.29) is 18.4 Å². The number of imidazole rings is 1. The van der Waals surface area contributed by atoms with Gasteiger partial charge < -0.3 is 19.5 Å². The molecule has 0 aliphatic carbocycles. The predicted molar refractivity (Wildman–Crippen MR) is 136 cm³/mol. The second-order valence-corrected chi connectivity index (χ2v) is 8.61. The van der Waals surface area contributed by atoms with Gasteiger partial charge in [-0.2, -0.15) is 0 Å². The Morgan fingerprint density at radius 2 is 1.89 bits per heavy atom. The van der Waals surface area contributed by atoms with Crippen molar-refractivity contribution in [1.29, 1.82) is 0 Å². The number of aryl methyl sites for hydroxylation is 1. The first kappa shape index (κ1) is 24.2. The Balaban J connectivity index is 1.56. The number of benzene rings is 2. The van der Waals surface area contributed by atoms with Crippen LogP contribution < -0.4 is 15.0 Å². The largest absolute Gasteiger partial charge is 0.481 e. The average molecular weight is 492 g/mol. The Hall–Kier alpha value is -3.91. The van der Waals surface area contributed by atoms with Crippen molar-refractivity contribution >= 4 is 40.1 Å². The van der Waals surface area contributed by atoms with Crippen LogP contribution in [0.5, 0.6) is 5.88 Å². The quantitative estimate of drug-likeness (QED) is 0.405. The Morgan fingerprint density at radius 1 is 1.11 bits per heavy atom. The maximum Gasteiger partial charge on any atom is 0.249 e. The third-order valence-electron chi connectivity index (χ3n) is 5.79. The van der Waals surface area contributed by atoms with Gasteiger partial charge in [-0.25, -0.2) is 9.97 Å². The summed E-state index contributed by atoms with van der Waals surface area (Å²) >= 11 is 6.39. The Labute approximate surface area is 208 Å². The third kappa shape index (κ3) is 5.44. The van der Waals surface area contributed by atoms with Gasteiger partial charge in [0.15, 0.2) is 0 Å². The van der Waals surface area contributed by atoms with Crippen molar-refractivity contribution in [2.45, 2.75) is 25.9 Å². The van der Waals surface area contributed by atoms with Crippen LogP contribution >= 0.6 is 11.6 Å². The Bertz CT molecular complexity index is 1340. The van der Waals surface area contributed by atoms with Crippen LogP contribution in [-0.4, -0.2) is 46.5 Å². The first-order valence-corrected chi connectivity index (χ1v) is 11.5. The lowest BCUT2D eigenvalue weighted by Gasteiger charge is -2.25. The summed E-state index contributed by atoms with van der Waals surface area (Å²) in [6.45, 7) is 1.92. The highest BCUT2D eigenvalue weighted by atomic mass is 35.5. The van der Waals surface area contributed by atoms with Crippen LogP contribution in [0, 0.1) is 6.92 Å². The summed E-state index contributed by atoms with van der Waals surface area (Å²) in [7, 11) is 3.18. The summed E-state index contributed by atoms with van der Waals surface area (Å²) in [5.74, 6) is -0.138. The van der Waals surface area contributed by atoms with E-state index >= 15 is 0 Å². The van der Waals surface area contributed by atoms with Crippen LogP contribution in [0.3, 0.4) is 0 Å². The van der Waals surface area contributed by atoms with Crippen LogP contribution in [0.4, 0.5) is 5.69 Å². The number of aromatic nitrogens is 3. The van der Waals surface area contributed by atoms with Crippen molar-refractivity contribution in [2.75, 3.05) is 19.1 Å². The van der Waals surface area contributed by atoms with Gasteiger partial charge in [0.05, 0.1) is 41.4 Å². The molecule has 1 N–H and O–H groups in total. The summed E-state index contributed by atoms with van der Waals surface area (Å²) in [5.41, 5.74) is 3.92. The smallest absolute Gasteiger partial charge is 0.249 e. The van der Waals surface area contributed by atoms with E-state index in [1.165, 1.54) is 12.0 Å². The van der Waals surface area contributed by atoms with Crippen molar-refractivity contribution in [2.24, 2.45) is 0 Å². The van der Waals surface area contributed by atoms with Gasteiger partial charge in [-0.1, -0.05) is 48.0 Å². The fraction of sp³-hybridized carbons (Fsp3) is 0.231. The van der Waals surface area contributed by atoms with Crippen LogP contribution in [0.1, 0.15) is 11.1 Å². The molecule has 4 rings (SSSR count). The number of methoxy groups -OCH3 is 1. The lowest BCUT2D eigenvalue weighted by Crippen LogP contribution is -2.49. The molecule has 9 heteroatoms. The van der Waals surface area contributed by atoms with Crippen molar-refractivity contribution in [3.8, 4) is 5.88 Å².